The highest BCUT2D eigenvalue weighted by molar-refractivity contribution is 7.73. The predicted octanol–water partition coefficient (Wildman–Crippen LogP) is 3.29. The summed E-state index contributed by atoms with van der Waals surface area (Å²) in [6.07, 6.45) is 0. The monoisotopic (exact) mass is 341 g/mol. The molecule has 0 saturated heterocycles. The number of benzene rings is 1. The Hall–Kier alpha value is -2.06. The maximum Gasteiger partial charge on any atom is 0.356 e. The first-order valence-electron chi connectivity index (χ1n) is 6.18. The van der Waals surface area contributed by atoms with Gasteiger partial charge < -0.3 is 23.9 Å². The Bertz CT molecular complexity index is 750. The molecular weight excluding hydrogens is 326 g/mol. The van der Waals surface area contributed by atoms with Crippen LogP contribution in [-0.4, -0.2) is 39.4 Å². The standard InChI is InChI=1S/C14H15NO5S2/c1-17-8-6-5-7(10(18-2)11(8)19-3)12-9(13(16)20-4)15-14(21)22-12/h5-6H,1-4H3,(H,15,21). The highest BCUT2D eigenvalue weighted by atomic mass is 32.1. The van der Waals surface area contributed by atoms with Crippen molar-refractivity contribution >= 4 is 29.5 Å². The van der Waals surface area contributed by atoms with Crippen LogP contribution in [0.3, 0.4) is 0 Å². The third-order valence-corrected chi connectivity index (χ3v) is 4.25. The second-order valence-electron chi connectivity index (χ2n) is 4.09. The molecule has 0 aliphatic heterocycles. The quantitative estimate of drug-likeness (QED) is 0.665. The summed E-state index contributed by atoms with van der Waals surface area (Å²) in [5.41, 5.74) is 0.945. The number of esters is 1. The van der Waals surface area contributed by atoms with Gasteiger partial charge in [-0.05, 0) is 24.4 Å². The molecule has 1 N–H and O–H groups in total. The number of thiazole rings is 1. The second-order valence-corrected chi connectivity index (χ2v) is 5.78. The number of hydrogen-bond acceptors (Lipinski definition) is 7. The zero-order valence-corrected chi connectivity index (χ0v) is 14.1. The molecule has 0 radical (unpaired) electrons. The lowest BCUT2D eigenvalue weighted by Gasteiger charge is -2.15. The number of carbonyl (C=O) groups excluding carboxylic acids is 1. The van der Waals surface area contributed by atoms with Crippen molar-refractivity contribution in [3.05, 3.63) is 21.8 Å². The lowest BCUT2D eigenvalue weighted by molar-refractivity contribution is 0.0595. The predicted molar refractivity (Wildman–Crippen MR) is 85.9 cm³/mol. The van der Waals surface area contributed by atoms with Gasteiger partial charge in [0.15, 0.2) is 15.5 Å². The number of hydrogen-bond donors (Lipinski definition) is 1. The van der Waals surface area contributed by atoms with Gasteiger partial charge in [0.05, 0.1) is 33.3 Å². The number of carbonyl (C=O) groups is 1. The topological polar surface area (TPSA) is 69.8 Å². The molecule has 22 heavy (non-hydrogen) atoms. The highest BCUT2D eigenvalue weighted by Gasteiger charge is 2.23. The van der Waals surface area contributed by atoms with Gasteiger partial charge in [-0.1, -0.05) is 0 Å². The Kier molecular flexibility index (Phi) is 5.04. The molecule has 6 nitrogen and oxygen atoms in total. The van der Waals surface area contributed by atoms with E-state index in [0.29, 0.717) is 31.6 Å². The maximum absolute atomic E-state index is 11.9. The van der Waals surface area contributed by atoms with E-state index in [1.807, 2.05) is 0 Å². The Labute approximate surface area is 136 Å². The van der Waals surface area contributed by atoms with E-state index in [9.17, 15) is 4.79 Å². The molecule has 8 heteroatoms. The fourth-order valence-electron chi connectivity index (χ4n) is 2.04. The Morgan fingerprint density at radius 3 is 2.32 bits per heavy atom. The van der Waals surface area contributed by atoms with Crippen LogP contribution in [0.15, 0.2) is 12.1 Å². The number of aromatic nitrogens is 1. The molecule has 0 unspecified atom stereocenters. The Balaban J connectivity index is 2.73. The maximum atomic E-state index is 11.9. The molecule has 118 valence electrons. The number of aromatic amines is 1. The summed E-state index contributed by atoms with van der Waals surface area (Å²) in [6, 6.07) is 3.52. The molecule has 0 bridgehead atoms. The molecule has 0 spiro atoms. The zero-order chi connectivity index (χ0) is 16.3. The van der Waals surface area contributed by atoms with Gasteiger partial charge >= 0.3 is 5.97 Å². The van der Waals surface area contributed by atoms with Crippen LogP contribution in [-0.2, 0) is 4.74 Å². The fraction of sp³-hybridized carbons (Fsp3) is 0.286. The van der Waals surface area contributed by atoms with E-state index in [-0.39, 0.29) is 5.69 Å². The number of H-pyrrole nitrogens is 1. The molecule has 0 aliphatic carbocycles. The molecule has 1 heterocycles. The number of ether oxygens (including phenoxy) is 4. The zero-order valence-electron chi connectivity index (χ0n) is 12.5. The SMILES string of the molecule is COC(=O)c1[nH]c(=S)sc1-c1ccc(OC)c(OC)c1OC. The minimum absolute atomic E-state index is 0.281. The van der Waals surface area contributed by atoms with Crippen LogP contribution in [0.1, 0.15) is 10.5 Å². The van der Waals surface area contributed by atoms with Gasteiger partial charge in [0.25, 0.3) is 0 Å². The van der Waals surface area contributed by atoms with Crippen LogP contribution in [0.2, 0.25) is 0 Å². The van der Waals surface area contributed by atoms with Crippen LogP contribution in [0.4, 0.5) is 0 Å². The first-order valence-corrected chi connectivity index (χ1v) is 7.40. The van der Waals surface area contributed by atoms with E-state index in [1.54, 1.807) is 12.1 Å². The lowest BCUT2D eigenvalue weighted by atomic mass is 10.1. The summed E-state index contributed by atoms with van der Waals surface area (Å²) in [6.45, 7) is 0. The van der Waals surface area contributed by atoms with E-state index in [0.717, 1.165) is 0 Å². The van der Waals surface area contributed by atoms with Crippen LogP contribution in [0, 0.1) is 3.95 Å². The average molecular weight is 341 g/mol. The summed E-state index contributed by atoms with van der Waals surface area (Å²) in [5.74, 6) is 0.927. The molecule has 0 fully saturated rings. The first-order chi connectivity index (χ1) is 10.6. The van der Waals surface area contributed by atoms with Crippen molar-refractivity contribution in [2.24, 2.45) is 0 Å². The molecule has 2 rings (SSSR count). The lowest BCUT2D eigenvalue weighted by Crippen LogP contribution is -2.04. The summed E-state index contributed by atoms with van der Waals surface area (Å²) in [4.78, 5) is 15.4. The van der Waals surface area contributed by atoms with Crippen LogP contribution >= 0.6 is 23.6 Å². The molecule has 2 aromatic rings. The van der Waals surface area contributed by atoms with Crippen LogP contribution in [0.5, 0.6) is 17.2 Å². The highest BCUT2D eigenvalue weighted by Crippen LogP contribution is 2.46. The fourth-order valence-corrected chi connectivity index (χ4v) is 3.24. The summed E-state index contributed by atoms with van der Waals surface area (Å²) >= 11 is 6.39. The largest absolute Gasteiger partial charge is 0.493 e. The normalized spacial score (nSPS) is 10.2. The smallest absolute Gasteiger partial charge is 0.356 e. The van der Waals surface area contributed by atoms with Crippen molar-refractivity contribution in [2.75, 3.05) is 28.4 Å². The van der Waals surface area contributed by atoms with Gasteiger partial charge in [-0.2, -0.15) is 0 Å². The summed E-state index contributed by atoms with van der Waals surface area (Å²) < 4.78 is 21.3. The van der Waals surface area contributed by atoms with Crippen molar-refractivity contribution in [1.29, 1.82) is 0 Å². The van der Waals surface area contributed by atoms with E-state index >= 15 is 0 Å². The third kappa shape index (κ3) is 2.79. The number of rotatable bonds is 5. The first kappa shape index (κ1) is 16.3. The van der Waals surface area contributed by atoms with E-state index in [4.69, 9.17) is 31.2 Å². The number of methoxy groups -OCH3 is 4. The number of nitrogens with one attached hydrogen (secondary N) is 1. The molecule has 0 saturated carbocycles. The van der Waals surface area contributed by atoms with Crippen LogP contribution in [0.25, 0.3) is 10.4 Å². The minimum atomic E-state index is -0.501. The Morgan fingerprint density at radius 1 is 1.09 bits per heavy atom. The Morgan fingerprint density at radius 2 is 1.77 bits per heavy atom. The minimum Gasteiger partial charge on any atom is -0.493 e. The molecule has 1 aromatic carbocycles. The van der Waals surface area contributed by atoms with Gasteiger partial charge in [-0.25, -0.2) is 4.79 Å². The van der Waals surface area contributed by atoms with Gasteiger partial charge in [-0.15, -0.1) is 11.3 Å². The average Bonchev–Trinajstić information content (AvgIpc) is 2.93. The molecule has 0 aliphatic rings. The summed E-state index contributed by atoms with van der Waals surface area (Å²) in [7, 11) is 5.89. The van der Waals surface area contributed by atoms with Gasteiger partial charge in [0.2, 0.25) is 5.75 Å². The molecule has 0 amide bonds. The van der Waals surface area contributed by atoms with Gasteiger partial charge in [-0.3, -0.25) is 0 Å². The van der Waals surface area contributed by atoms with Crippen molar-refractivity contribution in [1.82, 2.24) is 4.98 Å². The van der Waals surface area contributed by atoms with E-state index < -0.39 is 5.97 Å². The van der Waals surface area contributed by atoms with Crippen molar-refractivity contribution in [2.45, 2.75) is 0 Å². The molecule has 0 atom stereocenters. The van der Waals surface area contributed by atoms with E-state index in [1.165, 1.54) is 39.8 Å². The molecular formula is C14H15NO5S2. The van der Waals surface area contributed by atoms with Gasteiger partial charge in [0.1, 0.15) is 5.69 Å². The van der Waals surface area contributed by atoms with E-state index in [2.05, 4.69) is 4.98 Å². The third-order valence-electron chi connectivity index (χ3n) is 2.99. The summed E-state index contributed by atoms with van der Waals surface area (Å²) in [5, 5.41) is 0. The van der Waals surface area contributed by atoms with Crippen LogP contribution < -0.4 is 14.2 Å². The van der Waals surface area contributed by atoms with Crippen molar-refractivity contribution in [3.8, 4) is 27.7 Å². The second kappa shape index (κ2) is 6.80. The van der Waals surface area contributed by atoms with Crippen molar-refractivity contribution in [3.63, 3.8) is 0 Å². The molecule has 1 aromatic heterocycles. The van der Waals surface area contributed by atoms with Crippen molar-refractivity contribution < 1.29 is 23.7 Å². The van der Waals surface area contributed by atoms with Gasteiger partial charge in [0, 0.05) is 5.56 Å².